The number of alkyl halides is 2. The van der Waals surface area contributed by atoms with E-state index < -0.39 is 22.1 Å². The standard InChI is InChI=1S/C8H10F2N2O3S/c1-4-6(16(11,13)14)3-5(15-2)7(12-4)8(9)10/h3,8H,1-2H3,(H2,11,13,14). The molecule has 0 spiro atoms. The Bertz CT molecular complexity index is 502. The van der Waals surface area contributed by atoms with Crippen molar-refractivity contribution in [1.82, 2.24) is 4.98 Å². The number of methoxy groups -OCH3 is 1. The minimum Gasteiger partial charge on any atom is -0.495 e. The topological polar surface area (TPSA) is 82.3 Å². The first-order valence-electron chi connectivity index (χ1n) is 4.14. The molecule has 1 aromatic heterocycles. The van der Waals surface area contributed by atoms with Gasteiger partial charge in [0.15, 0.2) is 0 Å². The summed E-state index contributed by atoms with van der Waals surface area (Å²) >= 11 is 0. The molecule has 0 aliphatic heterocycles. The van der Waals surface area contributed by atoms with Crippen LogP contribution in [-0.2, 0) is 10.0 Å². The minimum absolute atomic E-state index is 0.0846. The molecule has 0 saturated carbocycles. The zero-order valence-corrected chi connectivity index (χ0v) is 9.38. The van der Waals surface area contributed by atoms with E-state index in [1.54, 1.807) is 0 Å². The molecule has 0 amide bonds. The van der Waals surface area contributed by atoms with Gasteiger partial charge in [-0.3, -0.25) is 0 Å². The predicted octanol–water partition coefficient (Wildman–Crippen LogP) is 0.984. The average molecular weight is 252 g/mol. The van der Waals surface area contributed by atoms with Crippen molar-refractivity contribution in [3.8, 4) is 5.75 Å². The largest absolute Gasteiger partial charge is 0.495 e. The second-order valence-electron chi connectivity index (χ2n) is 3.01. The molecule has 0 aromatic carbocycles. The smallest absolute Gasteiger partial charge is 0.284 e. The van der Waals surface area contributed by atoms with Crippen molar-refractivity contribution < 1.29 is 21.9 Å². The first-order chi connectivity index (χ1) is 7.27. The Balaban J connectivity index is 3.50. The van der Waals surface area contributed by atoms with Gasteiger partial charge in [-0.1, -0.05) is 0 Å². The van der Waals surface area contributed by atoms with Crippen LogP contribution in [0.1, 0.15) is 17.8 Å². The zero-order valence-electron chi connectivity index (χ0n) is 8.57. The highest BCUT2D eigenvalue weighted by molar-refractivity contribution is 7.89. The van der Waals surface area contributed by atoms with Gasteiger partial charge in [-0.15, -0.1) is 0 Å². The maximum absolute atomic E-state index is 12.5. The van der Waals surface area contributed by atoms with Crippen molar-refractivity contribution in [3.63, 3.8) is 0 Å². The Morgan fingerprint density at radius 2 is 2.06 bits per heavy atom. The molecule has 16 heavy (non-hydrogen) atoms. The van der Waals surface area contributed by atoms with E-state index in [2.05, 4.69) is 9.72 Å². The number of nitrogens with zero attached hydrogens (tertiary/aromatic N) is 1. The molecule has 0 saturated heterocycles. The summed E-state index contributed by atoms with van der Waals surface area (Å²) < 4.78 is 51.8. The molecule has 90 valence electrons. The lowest BCUT2D eigenvalue weighted by Crippen LogP contribution is -2.15. The van der Waals surface area contributed by atoms with Crippen molar-refractivity contribution >= 4 is 10.0 Å². The van der Waals surface area contributed by atoms with Gasteiger partial charge in [0.25, 0.3) is 6.43 Å². The third-order valence-corrected chi connectivity index (χ3v) is 2.92. The van der Waals surface area contributed by atoms with Crippen LogP contribution < -0.4 is 9.88 Å². The van der Waals surface area contributed by atoms with E-state index >= 15 is 0 Å². The van der Waals surface area contributed by atoms with Crippen LogP contribution >= 0.6 is 0 Å². The summed E-state index contributed by atoms with van der Waals surface area (Å²) in [5, 5.41) is 4.90. The number of pyridine rings is 1. The number of primary sulfonamides is 1. The second kappa shape index (κ2) is 4.30. The Hall–Kier alpha value is -1.28. The van der Waals surface area contributed by atoms with Crippen LogP contribution in [0.4, 0.5) is 8.78 Å². The number of halogens is 2. The fourth-order valence-electron chi connectivity index (χ4n) is 1.20. The number of nitrogens with two attached hydrogens (primary N) is 1. The lowest BCUT2D eigenvalue weighted by Gasteiger charge is -2.10. The molecule has 0 atom stereocenters. The molecule has 1 rings (SSSR count). The SMILES string of the molecule is COc1cc(S(N)(=O)=O)c(C)nc1C(F)F. The van der Waals surface area contributed by atoms with Gasteiger partial charge in [0.1, 0.15) is 16.3 Å². The van der Waals surface area contributed by atoms with Crippen LogP contribution in [0, 0.1) is 6.92 Å². The van der Waals surface area contributed by atoms with Gasteiger partial charge in [0.05, 0.1) is 12.8 Å². The number of aromatic nitrogens is 1. The van der Waals surface area contributed by atoms with Crippen molar-refractivity contribution in [2.75, 3.05) is 7.11 Å². The van der Waals surface area contributed by atoms with Crippen LogP contribution in [0.3, 0.4) is 0 Å². The summed E-state index contributed by atoms with van der Waals surface area (Å²) in [7, 11) is -2.85. The van der Waals surface area contributed by atoms with Gasteiger partial charge in [-0.05, 0) is 6.92 Å². The van der Waals surface area contributed by atoms with E-state index in [-0.39, 0.29) is 16.3 Å². The number of hydrogen-bond acceptors (Lipinski definition) is 4. The van der Waals surface area contributed by atoms with Crippen molar-refractivity contribution in [1.29, 1.82) is 0 Å². The molecule has 0 radical (unpaired) electrons. The molecular weight excluding hydrogens is 242 g/mol. The van der Waals surface area contributed by atoms with Crippen LogP contribution in [0.5, 0.6) is 5.75 Å². The van der Waals surface area contributed by atoms with Gasteiger partial charge in [0.2, 0.25) is 10.0 Å². The predicted molar refractivity (Wildman–Crippen MR) is 51.9 cm³/mol. The summed E-state index contributed by atoms with van der Waals surface area (Å²) in [5.74, 6) is -0.301. The summed E-state index contributed by atoms with van der Waals surface area (Å²) in [6, 6.07) is 0.944. The Morgan fingerprint density at radius 3 is 2.44 bits per heavy atom. The second-order valence-corrected chi connectivity index (χ2v) is 4.53. The number of ether oxygens (including phenoxy) is 1. The molecule has 5 nitrogen and oxygen atoms in total. The van der Waals surface area contributed by atoms with E-state index in [0.717, 1.165) is 13.2 Å². The fraction of sp³-hybridized carbons (Fsp3) is 0.375. The number of aryl methyl sites for hydroxylation is 1. The monoisotopic (exact) mass is 252 g/mol. The van der Waals surface area contributed by atoms with Gasteiger partial charge in [0, 0.05) is 6.07 Å². The molecule has 0 aliphatic rings. The Kier molecular flexibility index (Phi) is 3.44. The summed E-state index contributed by atoms with van der Waals surface area (Å²) in [6.07, 6.45) is -2.84. The molecule has 0 unspecified atom stereocenters. The summed E-state index contributed by atoms with van der Waals surface area (Å²) in [5.41, 5.74) is -0.689. The minimum atomic E-state index is -4.00. The van der Waals surface area contributed by atoms with E-state index in [1.807, 2.05) is 0 Å². The number of rotatable bonds is 3. The highest BCUT2D eigenvalue weighted by atomic mass is 32.2. The van der Waals surface area contributed by atoms with Crippen LogP contribution in [0.25, 0.3) is 0 Å². The summed E-state index contributed by atoms with van der Waals surface area (Å²) in [6.45, 7) is 1.28. The third kappa shape index (κ3) is 2.45. The van der Waals surface area contributed by atoms with E-state index in [0.29, 0.717) is 0 Å². The van der Waals surface area contributed by atoms with E-state index in [4.69, 9.17) is 5.14 Å². The zero-order chi connectivity index (χ0) is 12.5. The Labute approximate surface area is 91.3 Å². The van der Waals surface area contributed by atoms with Gasteiger partial charge >= 0.3 is 0 Å². The molecule has 1 heterocycles. The average Bonchev–Trinajstić information content (AvgIpc) is 2.15. The molecule has 0 bridgehead atoms. The maximum atomic E-state index is 12.5. The maximum Gasteiger partial charge on any atom is 0.284 e. The quantitative estimate of drug-likeness (QED) is 0.869. The first kappa shape index (κ1) is 12.8. The fourth-order valence-corrected chi connectivity index (χ4v) is 1.92. The molecule has 0 fully saturated rings. The lowest BCUT2D eigenvalue weighted by atomic mass is 10.3. The van der Waals surface area contributed by atoms with Crippen molar-refractivity contribution in [3.05, 3.63) is 17.5 Å². The van der Waals surface area contributed by atoms with Crippen LogP contribution in [0.15, 0.2) is 11.0 Å². The normalized spacial score (nSPS) is 11.9. The molecule has 2 N–H and O–H groups in total. The molecule has 1 aromatic rings. The van der Waals surface area contributed by atoms with Crippen molar-refractivity contribution in [2.45, 2.75) is 18.2 Å². The number of hydrogen-bond donors (Lipinski definition) is 1. The van der Waals surface area contributed by atoms with Crippen molar-refractivity contribution in [2.24, 2.45) is 5.14 Å². The molecule has 8 heteroatoms. The van der Waals surface area contributed by atoms with E-state index in [9.17, 15) is 17.2 Å². The lowest BCUT2D eigenvalue weighted by molar-refractivity contribution is 0.141. The first-order valence-corrected chi connectivity index (χ1v) is 5.68. The molecule has 0 aliphatic carbocycles. The van der Waals surface area contributed by atoms with Crippen LogP contribution in [-0.4, -0.2) is 20.5 Å². The summed E-state index contributed by atoms with van der Waals surface area (Å²) in [4.78, 5) is 3.15. The highest BCUT2D eigenvalue weighted by Gasteiger charge is 2.22. The molecular formula is C8H10F2N2O3S. The third-order valence-electron chi connectivity index (χ3n) is 1.89. The number of sulfonamides is 1. The van der Waals surface area contributed by atoms with Gasteiger partial charge < -0.3 is 4.74 Å². The van der Waals surface area contributed by atoms with Gasteiger partial charge in [-0.2, -0.15) is 0 Å². The van der Waals surface area contributed by atoms with E-state index in [1.165, 1.54) is 6.92 Å². The Morgan fingerprint density at radius 1 is 1.50 bits per heavy atom. The van der Waals surface area contributed by atoms with Crippen LogP contribution in [0.2, 0.25) is 0 Å². The highest BCUT2D eigenvalue weighted by Crippen LogP contribution is 2.30. The van der Waals surface area contributed by atoms with Gasteiger partial charge in [-0.25, -0.2) is 27.3 Å².